The van der Waals surface area contributed by atoms with Crippen molar-refractivity contribution in [2.75, 3.05) is 7.11 Å². The second-order valence-electron chi connectivity index (χ2n) is 5.14. The van der Waals surface area contributed by atoms with Gasteiger partial charge in [0.15, 0.2) is 0 Å². The molecule has 0 fully saturated rings. The number of hydrogen-bond donors (Lipinski definition) is 1. The number of aromatic nitrogens is 2. The third kappa shape index (κ3) is 4.24. The second kappa shape index (κ2) is 7.75. The third-order valence-corrected chi connectivity index (χ3v) is 5.57. The van der Waals surface area contributed by atoms with Gasteiger partial charge in [-0.15, -0.1) is 0 Å². The molecule has 1 N–H and O–H groups in total. The minimum Gasteiger partial charge on any atom is -0.495 e. The number of sulfonamides is 1. The summed E-state index contributed by atoms with van der Waals surface area (Å²) in [6.45, 7) is -0.154. The maximum absolute atomic E-state index is 12.5. The van der Waals surface area contributed by atoms with E-state index < -0.39 is 10.0 Å². The topological polar surface area (TPSA) is 94.3 Å². The van der Waals surface area contributed by atoms with Crippen LogP contribution in [0.4, 0.5) is 0 Å². The Balaban J connectivity index is 1.77. The number of nitrogens with zero attached hydrogens (tertiary/aromatic N) is 2. The Hall–Kier alpha value is -1.94. The van der Waals surface area contributed by atoms with Gasteiger partial charge in [0.1, 0.15) is 10.6 Å². The minimum atomic E-state index is -3.83. The molecule has 0 aliphatic carbocycles. The Morgan fingerprint density at radius 3 is 2.65 bits per heavy atom. The van der Waals surface area contributed by atoms with Gasteiger partial charge in [-0.1, -0.05) is 32.7 Å². The average molecular weight is 459 g/mol. The van der Waals surface area contributed by atoms with E-state index in [4.69, 9.17) is 20.9 Å². The van der Waals surface area contributed by atoms with Crippen LogP contribution in [-0.4, -0.2) is 25.7 Å². The Morgan fingerprint density at radius 2 is 1.96 bits per heavy atom. The van der Waals surface area contributed by atoms with E-state index >= 15 is 0 Å². The molecular formula is C16H13BrClN3O4S. The largest absolute Gasteiger partial charge is 0.495 e. The van der Waals surface area contributed by atoms with Gasteiger partial charge in [-0.3, -0.25) is 0 Å². The predicted octanol–water partition coefficient (Wildman–Crippen LogP) is 3.64. The first kappa shape index (κ1) is 18.8. The van der Waals surface area contributed by atoms with Gasteiger partial charge in [-0.25, -0.2) is 13.1 Å². The zero-order chi connectivity index (χ0) is 18.7. The molecule has 3 rings (SSSR count). The van der Waals surface area contributed by atoms with Crippen molar-refractivity contribution in [2.24, 2.45) is 0 Å². The van der Waals surface area contributed by atoms with Crippen LogP contribution in [0.3, 0.4) is 0 Å². The molecule has 26 heavy (non-hydrogen) atoms. The minimum absolute atomic E-state index is 0.00631. The lowest BCUT2D eigenvalue weighted by molar-refractivity contribution is 0.375. The molecule has 136 valence electrons. The molecule has 7 nitrogen and oxygen atoms in total. The van der Waals surface area contributed by atoms with Crippen molar-refractivity contribution in [1.82, 2.24) is 14.9 Å². The highest BCUT2D eigenvalue weighted by molar-refractivity contribution is 9.10. The summed E-state index contributed by atoms with van der Waals surface area (Å²) in [5.41, 5.74) is 0.709. The van der Waals surface area contributed by atoms with Crippen molar-refractivity contribution in [3.8, 4) is 17.1 Å². The van der Waals surface area contributed by atoms with Gasteiger partial charge in [0.05, 0.1) is 13.7 Å². The summed E-state index contributed by atoms with van der Waals surface area (Å²) in [7, 11) is -2.43. The summed E-state index contributed by atoms with van der Waals surface area (Å²) in [6.07, 6.45) is 0. The van der Waals surface area contributed by atoms with Gasteiger partial charge in [0.2, 0.25) is 21.7 Å². The maximum Gasteiger partial charge on any atom is 0.244 e. The fraction of sp³-hybridized carbons (Fsp3) is 0.125. The number of benzene rings is 2. The lowest BCUT2D eigenvalue weighted by atomic mass is 10.2. The van der Waals surface area contributed by atoms with E-state index in [0.717, 1.165) is 0 Å². The fourth-order valence-electron chi connectivity index (χ4n) is 2.14. The number of rotatable bonds is 6. The monoisotopic (exact) mass is 457 g/mol. The molecular weight excluding hydrogens is 446 g/mol. The van der Waals surface area contributed by atoms with Crippen molar-refractivity contribution in [1.29, 1.82) is 0 Å². The van der Waals surface area contributed by atoms with Crippen LogP contribution in [0.5, 0.6) is 5.75 Å². The van der Waals surface area contributed by atoms with E-state index in [-0.39, 0.29) is 23.1 Å². The quantitative estimate of drug-likeness (QED) is 0.606. The van der Waals surface area contributed by atoms with E-state index in [1.54, 1.807) is 36.4 Å². The lowest BCUT2D eigenvalue weighted by Gasteiger charge is -2.10. The molecule has 0 saturated heterocycles. The van der Waals surface area contributed by atoms with Gasteiger partial charge < -0.3 is 9.26 Å². The van der Waals surface area contributed by atoms with Gasteiger partial charge in [0, 0.05) is 15.1 Å². The molecule has 0 amide bonds. The molecule has 3 aromatic rings. The first-order valence-corrected chi connectivity index (χ1v) is 9.96. The van der Waals surface area contributed by atoms with Crippen LogP contribution in [0.25, 0.3) is 11.4 Å². The van der Waals surface area contributed by atoms with Crippen molar-refractivity contribution in [2.45, 2.75) is 11.4 Å². The molecule has 0 aliphatic heterocycles. The van der Waals surface area contributed by atoms with Crippen LogP contribution in [0, 0.1) is 0 Å². The van der Waals surface area contributed by atoms with Gasteiger partial charge in [-0.2, -0.15) is 4.98 Å². The van der Waals surface area contributed by atoms with Gasteiger partial charge in [0.25, 0.3) is 0 Å². The molecule has 0 unspecified atom stereocenters. The van der Waals surface area contributed by atoms with E-state index in [9.17, 15) is 8.42 Å². The second-order valence-corrected chi connectivity index (χ2v) is 8.23. The molecule has 10 heteroatoms. The van der Waals surface area contributed by atoms with Crippen LogP contribution in [0.15, 0.2) is 56.4 Å². The SMILES string of the molecule is COc1ccc(Br)cc1S(=O)(=O)NCc1nc(-c2ccc(Cl)cc2)no1. The molecule has 2 aromatic carbocycles. The Morgan fingerprint density at radius 1 is 1.23 bits per heavy atom. The molecule has 0 spiro atoms. The zero-order valence-electron chi connectivity index (χ0n) is 13.4. The summed E-state index contributed by atoms with van der Waals surface area (Å²) in [4.78, 5) is 4.19. The molecule has 0 radical (unpaired) electrons. The summed E-state index contributed by atoms with van der Waals surface area (Å²) in [5.74, 6) is 0.705. The summed E-state index contributed by atoms with van der Waals surface area (Å²) < 4.78 is 38.3. The van der Waals surface area contributed by atoms with E-state index in [2.05, 4.69) is 30.8 Å². The molecule has 0 saturated carbocycles. The van der Waals surface area contributed by atoms with Gasteiger partial charge >= 0.3 is 0 Å². The number of halogens is 2. The maximum atomic E-state index is 12.5. The molecule has 0 atom stereocenters. The van der Waals surface area contributed by atoms with Crippen LogP contribution in [0.2, 0.25) is 5.02 Å². The van der Waals surface area contributed by atoms with Crippen LogP contribution < -0.4 is 9.46 Å². The Kier molecular flexibility index (Phi) is 5.61. The summed E-state index contributed by atoms with van der Waals surface area (Å²) in [6, 6.07) is 11.6. The van der Waals surface area contributed by atoms with Crippen LogP contribution in [-0.2, 0) is 16.6 Å². The standard InChI is InChI=1S/C16H13BrClN3O4S/c1-24-13-7-4-11(17)8-14(13)26(22,23)19-9-15-20-16(21-25-15)10-2-5-12(18)6-3-10/h2-8,19H,9H2,1H3. The van der Waals surface area contributed by atoms with E-state index in [0.29, 0.717) is 20.9 Å². The van der Waals surface area contributed by atoms with Crippen molar-refractivity contribution >= 4 is 37.6 Å². The third-order valence-electron chi connectivity index (χ3n) is 3.40. The van der Waals surface area contributed by atoms with Crippen molar-refractivity contribution in [3.63, 3.8) is 0 Å². The Bertz CT molecular complexity index is 1020. The first-order chi connectivity index (χ1) is 12.4. The molecule has 1 aromatic heterocycles. The lowest BCUT2D eigenvalue weighted by Crippen LogP contribution is -2.24. The molecule has 0 aliphatic rings. The van der Waals surface area contributed by atoms with E-state index in [1.165, 1.54) is 13.2 Å². The highest BCUT2D eigenvalue weighted by atomic mass is 79.9. The normalized spacial score (nSPS) is 11.5. The zero-order valence-corrected chi connectivity index (χ0v) is 16.6. The van der Waals surface area contributed by atoms with E-state index in [1.807, 2.05) is 0 Å². The highest BCUT2D eigenvalue weighted by Gasteiger charge is 2.21. The number of nitrogens with one attached hydrogen (secondary N) is 1. The number of ether oxygens (including phenoxy) is 1. The highest BCUT2D eigenvalue weighted by Crippen LogP contribution is 2.27. The predicted molar refractivity (Wildman–Crippen MR) is 99.5 cm³/mol. The van der Waals surface area contributed by atoms with Crippen molar-refractivity contribution in [3.05, 3.63) is 57.9 Å². The first-order valence-electron chi connectivity index (χ1n) is 7.31. The fourth-order valence-corrected chi connectivity index (χ4v) is 3.94. The Labute approximate surface area is 163 Å². The summed E-state index contributed by atoms with van der Waals surface area (Å²) in [5, 5.41) is 4.43. The summed E-state index contributed by atoms with van der Waals surface area (Å²) >= 11 is 9.09. The smallest absolute Gasteiger partial charge is 0.244 e. The average Bonchev–Trinajstić information content (AvgIpc) is 3.10. The molecule has 0 bridgehead atoms. The number of hydrogen-bond acceptors (Lipinski definition) is 6. The van der Waals surface area contributed by atoms with Crippen molar-refractivity contribution < 1.29 is 17.7 Å². The van der Waals surface area contributed by atoms with Crippen LogP contribution in [0.1, 0.15) is 5.89 Å². The molecule has 1 heterocycles. The number of methoxy groups -OCH3 is 1. The van der Waals surface area contributed by atoms with Gasteiger partial charge in [-0.05, 0) is 42.5 Å². The van der Waals surface area contributed by atoms with Crippen LogP contribution >= 0.6 is 27.5 Å².